The maximum atomic E-state index is 12.8. The fraction of sp³-hybridized carbons (Fsp3) is 0.385. The number of carbonyl (C=O) groups excluding carboxylic acids is 1. The minimum absolute atomic E-state index is 0.0755. The zero-order valence-corrected chi connectivity index (χ0v) is 11.5. The highest BCUT2D eigenvalue weighted by atomic mass is 19.4. The number of alkyl halides is 3. The highest BCUT2D eigenvalue weighted by Crippen LogP contribution is 2.31. The van der Waals surface area contributed by atoms with Crippen LogP contribution in [-0.2, 0) is 6.18 Å². The number of carbonyl (C=O) groups is 1. The average molecular weight is 303 g/mol. The molecule has 0 fully saturated rings. The Labute approximate surface area is 119 Å². The molecule has 5 nitrogen and oxygen atoms in total. The largest absolute Gasteiger partial charge is 0.417 e. The van der Waals surface area contributed by atoms with Crippen molar-refractivity contribution in [3.05, 3.63) is 35.4 Å². The van der Waals surface area contributed by atoms with Gasteiger partial charge in [-0.25, -0.2) is 0 Å². The summed E-state index contributed by atoms with van der Waals surface area (Å²) in [7, 11) is 0. The van der Waals surface area contributed by atoms with Gasteiger partial charge in [-0.2, -0.15) is 13.2 Å². The minimum Gasteiger partial charge on any atom is -0.409 e. The lowest BCUT2D eigenvalue weighted by molar-refractivity contribution is -0.137. The van der Waals surface area contributed by atoms with Crippen LogP contribution in [0, 0.1) is 5.41 Å². The normalized spacial score (nSPS) is 13.1. The van der Waals surface area contributed by atoms with E-state index in [0.717, 1.165) is 12.1 Å². The van der Waals surface area contributed by atoms with Gasteiger partial charge in [0.15, 0.2) is 0 Å². The van der Waals surface area contributed by atoms with Crippen LogP contribution < -0.4 is 11.1 Å². The molecule has 0 saturated heterocycles. The Bertz CT molecular complexity index is 554. The third kappa shape index (κ3) is 4.11. The summed E-state index contributed by atoms with van der Waals surface area (Å²) in [6.07, 6.45) is -4.62. The van der Waals surface area contributed by atoms with E-state index in [9.17, 15) is 18.0 Å². The van der Waals surface area contributed by atoms with E-state index in [0.29, 0.717) is 0 Å². The molecular formula is C13H16F3N3O2. The Hall–Kier alpha value is -2.25. The van der Waals surface area contributed by atoms with E-state index in [1.165, 1.54) is 12.1 Å². The fourth-order valence-electron chi connectivity index (χ4n) is 1.55. The summed E-state index contributed by atoms with van der Waals surface area (Å²) < 4.78 is 38.4. The predicted octanol–water partition coefficient (Wildman–Crippen LogP) is 2.21. The van der Waals surface area contributed by atoms with Crippen LogP contribution in [0.4, 0.5) is 13.2 Å². The molecule has 1 rings (SSSR count). The summed E-state index contributed by atoms with van der Waals surface area (Å²) in [5, 5.41) is 13.8. The molecule has 0 aliphatic carbocycles. The maximum Gasteiger partial charge on any atom is 0.417 e. The van der Waals surface area contributed by atoms with Crippen molar-refractivity contribution >= 4 is 11.7 Å². The molecule has 0 saturated carbocycles. The monoisotopic (exact) mass is 303 g/mol. The van der Waals surface area contributed by atoms with Gasteiger partial charge in [0.1, 0.15) is 5.84 Å². The number of halogens is 3. The molecule has 4 N–H and O–H groups in total. The van der Waals surface area contributed by atoms with Gasteiger partial charge < -0.3 is 16.3 Å². The molecule has 1 aromatic rings. The van der Waals surface area contributed by atoms with E-state index < -0.39 is 28.6 Å². The Morgan fingerprint density at radius 1 is 1.33 bits per heavy atom. The van der Waals surface area contributed by atoms with E-state index in [4.69, 9.17) is 10.9 Å². The van der Waals surface area contributed by atoms with Crippen molar-refractivity contribution in [2.75, 3.05) is 6.54 Å². The van der Waals surface area contributed by atoms with Gasteiger partial charge in [-0.3, -0.25) is 4.79 Å². The Morgan fingerprint density at radius 2 is 1.90 bits per heavy atom. The highest BCUT2D eigenvalue weighted by molar-refractivity contribution is 5.96. The summed E-state index contributed by atoms with van der Waals surface area (Å²) in [6, 6.07) is 4.48. The van der Waals surface area contributed by atoms with E-state index in [-0.39, 0.29) is 12.4 Å². The lowest BCUT2D eigenvalue weighted by Crippen LogP contribution is -2.42. The van der Waals surface area contributed by atoms with Crippen LogP contribution in [0.25, 0.3) is 0 Å². The fourth-order valence-corrected chi connectivity index (χ4v) is 1.55. The molecule has 8 heteroatoms. The van der Waals surface area contributed by atoms with Crippen molar-refractivity contribution in [3.8, 4) is 0 Å². The predicted molar refractivity (Wildman–Crippen MR) is 71.0 cm³/mol. The van der Waals surface area contributed by atoms with Gasteiger partial charge in [0.25, 0.3) is 5.91 Å². The van der Waals surface area contributed by atoms with E-state index in [1.807, 2.05) is 0 Å². The molecule has 0 aromatic heterocycles. The summed E-state index contributed by atoms with van der Waals surface area (Å²) in [5.41, 5.74) is 3.07. The number of nitrogens with two attached hydrogens (primary N) is 1. The lowest BCUT2D eigenvalue weighted by atomic mass is 9.92. The van der Waals surface area contributed by atoms with Gasteiger partial charge in [0, 0.05) is 12.0 Å². The quantitative estimate of drug-likeness (QED) is 0.345. The smallest absolute Gasteiger partial charge is 0.409 e. The van der Waals surface area contributed by atoms with Crippen LogP contribution in [0.3, 0.4) is 0 Å². The molecule has 0 aliphatic rings. The van der Waals surface area contributed by atoms with Crippen molar-refractivity contribution < 1.29 is 23.2 Å². The van der Waals surface area contributed by atoms with Gasteiger partial charge >= 0.3 is 6.18 Å². The lowest BCUT2D eigenvalue weighted by Gasteiger charge is -2.23. The number of rotatable bonds is 4. The van der Waals surface area contributed by atoms with Gasteiger partial charge in [-0.15, -0.1) is 0 Å². The van der Waals surface area contributed by atoms with Gasteiger partial charge in [-0.05, 0) is 12.1 Å². The zero-order chi connectivity index (χ0) is 16.3. The van der Waals surface area contributed by atoms with E-state index in [2.05, 4.69) is 10.5 Å². The number of hydrogen-bond acceptors (Lipinski definition) is 3. The van der Waals surface area contributed by atoms with Crippen LogP contribution in [0.1, 0.15) is 29.8 Å². The van der Waals surface area contributed by atoms with Crippen LogP contribution >= 0.6 is 0 Å². The maximum absolute atomic E-state index is 12.8. The van der Waals surface area contributed by atoms with Crippen molar-refractivity contribution in [2.24, 2.45) is 16.3 Å². The van der Waals surface area contributed by atoms with Crippen LogP contribution in [0.5, 0.6) is 0 Å². The first-order chi connectivity index (χ1) is 9.59. The molecule has 1 amide bonds. The second kappa shape index (κ2) is 6.02. The van der Waals surface area contributed by atoms with Crippen LogP contribution in [-0.4, -0.2) is 23.5 Å². The highest BCUT2D eigenvalue weighted by Gasteiger charge is 2.35. The first kappa shape index (κ1) is 16.8. The minimum atomic E-state index is -4.62. The first-order valence-electron chi connectivity index (χ1n) is 6.02. The number of nitrogens with one attached hydrogen (secondary N) is 1. The first-order valence-corrected chi connectivity index (χ1v) is 6.02. The molecule has 0 radical (unpaired) electrons. The molecule has 0 heterocycles. The van der Waals surface area contributed by atoms with Crippen LogP contribution in [0.15, 0.2) is 29.4 Å². The molecule has 21 heavy (non-hydrogen) atoms. The summed E-state index contributed by atoms with van der Waals surface area (Å²) in [5.74, 6) is -1.01. The third-order valence-corrected chi connectivity index (χ3v) is 2.97. The Kier molecular flexibility index (Phi) is 4.82. The molecule has 0 spiro atoms. The SMILES string of the molecule is CC(C)(CNC(=O)c1ccccc1C(F)(F)F)/C(N)=N/O. The Balaban J connectivity index is 2.92. The zero-order valence-electron chi connectivity index (χ0n) is 11.5. The third-order valence-electron chi connectivity index (χ3n) is 2.97. The van der Waals surface area contributed by atoms with Crippen molar-refractivity contribution in [1.29, 1.82) is 0 Å². The topological polar surface area (TPSA) is 87.7 Å². The van der Waals surface area contributed by atoms with Gasteiger partial charge in [0.05, 0.1) is 11.1 Å². The summed E-state index contributed by atoms with van der Waals surface area (Å²) >= 11 is 0. The number of oxime groups is 1. The van der Waals surface area contributed by atoms with Gasteiger partial charge in [-0.1, -0.05) is 31.1 Å². The molecule has 0 unspecified atom stereocenters. The van der Waals surface area contributed by atoms with E-state index in [1.54, 1.807) is 13.8 Å². The molecular weight excluding hydrogens is 287 g/mol. The number of hydrogen-bond donors (Lipinski definition) is 3. The van der Waals surface area contributed by atoms with Crippen molar-refractivity contribution in [1.82, 2.24) is 5.32 Å². The second-order valence-electron chi connectivity index (χ2n) is 5.10. The molecule has 0 atom stereocenters. The van der Waals surface area contributed by atoms with Gasteiger partial charge in [0.2, 0.25) is 0 Å². The second-order valence-corrected chi connectivity index (χ2v) is 5.10. The average Bonchev–Trinajstić information content (AvgIpc) is 2.43. The molecule has 1 aromatic carbocycles. The number of benzene rings is 1. The number of amides is 1. The molecule has 0 aliphatic heterocycles. The molecule has 0 bridgehead atoms. The van der Waals surface area contributed by atoms with Crippen molar-refractivity contribution in [2.45, 2.75) is 20.0 Å². The number of amidine groups is 1. The van der Waals surface area contributed by atoms with Crippen LogP contribution in [0.2, 0.25) is 0 Å². The molecule has 116 valence electrons. The summed E-state index contributed by atoms with van der Waals surface area (Å²) in [4.78, 5) is 11.9. The van der Waals surface area contributed by atoms with E-state index >= 15 is 0 Å². The Morgan fingerprint density at radius 3 is 2.43 bits per heavy atom. The number of nitrogens with zero attached hydrogens (tertiary/aromatic N) is 1. The summed E-state index contributed by atoms with van der Waals surface area (Å²) in [6.45, 7) is 3.09. The van der Waals surface area contributed by atoms with Crippen molar-refractivity contribution in [3.63, 3.8) is 0 Å². The standard InChI is InChI=1S/C13H16F3N3O2/c1-12(2,11(17)19-21)7-18-10(20)8-5-3-4-6-9(8)13(14,15)16/h3-6,21H,7H2,1-2H3,(H2,17,19)(H,18,20).